The van der Waals surface area contributed by atoms with E-state index in [-0.39, 0.29) is 17.7 Å². The number of urea groups is 1. The molecule has 1 fully saturated rings. The molecule has 8 nitrogen and oxygen atoms in total. The van der Waals surface area contributed by atoms with Crippen LogP contribution in [0.25, 0.3) is 0 Å². The second-order valence-corrected chi connectivity index (χ2v) is 12.7. The Morgan fingerprint density at radius 2 is 1.58 bits per heavy atom. The van der Waals surface area contributed by atoms with Crippen molar-refractivity contribution >= 4 is 55.4 Å². The maximum atomic E-state index is 13.7. The molecule has 0 saturated carbocycles. The van der Waals surface area contributed by atoms with Crippen molar-refractivity contribution < 1.29 is 19.1 Å². The van der Waals surface area contributed by atoms with E-state index in [1.165, 1.54) is 0 Å². The quantitative estimate of drug-likeness (QED) is 0.220. The normalized spacial score (nSPS) is 14.2. The molecule has 1 atom stereocenters. The molecule has 0 aliphatic carbocycles. The molecule has 0 unspecified atom stereocenters. The first-order valence-electron chi connectivity index (χ1n) is 14.4. The number of anilines is 1. The van der Waals surface area contributed by atoms with Crippen molar-refractivity contribution in [2.24, 2.45) is 5.92 Å². The SMILES string of the molecule is COc1cccc(CNC(=O)C2CCN(C(=O)[C@@H](Cc3ccccc3)NC(=O)Nc3c(Br)cc(C(C)C)cc3Br)CC2)c1. The van der Waals surface area contributed by atoms with Gasteiger partial charge in [-0.25, -0.2) is 4.79 Å². The van der Waals surface area contributed by atoms with Gasteiger partial charge in [-0.15, -0.1) is 0 Å². The molecule has 3 aromatic carbocycles. The van der Waals surface area contributed by atoms with Crippen LogP contribution in [0, 0.1) is 5.92 Å². The van der Waals surface area contributed by atoms with Crippen LogP contribution in [0.3, 0.4) is 0 Å². The monoisotopic (exact) mass is 712 g/mol. The Morgan fingerprint density at radius 3 is 2.21 bits per heavy atom. The average Bonchev–Trinajstić information content (AvgIpc) is 3.01. The predicted molar refractivity (Wildman–Crippen MR) is 176 cm³/mol. The summed E-state index contributed by atoms with van der Waals surface area (Å²) < 4.78 is 6.76. The van der Waals surface area contributed by atoms with E-state index >= 15 is 0 Å². The summed E-state index contributed by atoms with van der Waals surface area (Å²) in [5.41, 5.74) is 3.62. The van der Waals surface area contributed by atoms with Crippen LogP contribution in [0.5, 0.6) is 5.75 Å². The molecular formula is C33H38Br2N4O4. The fraction of sp³-hybridized carbons (Fsp3) is 0.364. The molecule has 3 N–H and O–H groups in total. The number of nitrogens with zero attached hydrogens (tertiary/aromatic N) is 1. The Kier molecular flexibility index (Phi) is 11.6. The largest absolute Gasteiger partial charge is 0.497 e. The van der Waals surface area contributed by atoms with Gasteiger partial charge in [-0.3, -0.25) is 9.59 Å². The Labute approximate surface area is 270 Å². The van der Waals surface area contributed by atoms with E-state index in [4.69, 9.17) is 4.74 Å². The van der Waals surface area contributed by atoms with Gasteiger partial charge in [0.15, 0.2) is 0 Å². The van der Waals surface area contributed by atoms with Gasteiger partial charge in [-0.05, 0) is 91.6 Å². The second kappa shape index (κ2) is 15.4. The smallest absolute Gasteiger partial charge is 0.319 e. The second-order valence-electron chi connectivity index (χ2n) is 11.0. The number of hydrogen-bond acceptors (Lipinski definition) is 4. The molecule has 1 saturated heterocycles. The molecule has 3 aromatic rings. The van der Waals surface area contributed by atoms with Crippen molar-refractivity contribution in [1.82, 2.24) is 15.5 Å². The fourth-order valence-electron chi connectivity index (χ4n) is 5.10. The first kappa shape index (κ1) is 32.5. The third-order valence-electron chi connectivity index (χ3n) is 7.63. The Morgan fingerprint density at radius 1 is 0.930 bits per heavy atom. The lowest BCUT2D eigenvalue weighted by molar-refractivity contribution is -0.137. The van der Waals surface area contributed by atoms with Gasteiger partial charge in [0.2, 0.25) is 11.8 Å². The highest BCUT2D eigenvalue weighted by atomic mass is 79.9. The summed E-state index contributed by atoms with van der Waals surface area (Å²) in [6.45, 7) is 5.51. The summed E-state index contributed by atoms with van der Waals surface area (Å²) in [4.78, 5) is 41.6. The Hall–Kier alpha value is -3.37. The number of carbonyl (C=O) groups is 3. The molecule has 43 heavy (non-hydrogen) atoms. The molecule has 0 aromatic heterocycles. The number of likely N-dealkylation sites (tertiary alicyclic amines) is 1. The van der Waals surface area contributed by atoms with E-state index in [0.29, 0.717) is 50.5 Å². The molecule has 4 rings (SSSR count). The van der Waals surface area contributed by atoms with Crippen LogP contribution in [0.15, 0.2) is 75.7 Å². The van der Waals surface area contributed by atoms with Crippen molar-refractivity contribution in [3.63, 3.8) is 0 Å². The van der Waals surface area contributed by atoms with E-state index in [1.54, 1.807) is 12.0 Å². The summed E-state index contributed by atoms with van der Waals surface area (Å²) >= 11 is 7.14. The van der Waals surface area contributed by atoms with E-state index in [1.807, 2.05) is 66.7 Å². The molecule has 0 spiro atoms. The number of methoxy groups -OCH3 is 1. The fourth-order valence-corrected chi connectivity index (χ4v) is 6.52. The minimum absolute atomic E-state index is 0.0205. The maximum Gasteiger partial charge on any atom is 0.319 e. The lowest BCUT2D eigenvalue weighted by Gasteiger charge is -2.34. The zero-order valence-electron chi connectivity index (χ0n) is 24.7. The standard InChI is InChI=1S/C33H38Br2N4O4/c1-21(2)25-18-27(34)30(28(35)19-25)38-33(42)37-29(17-22-8-5-4-6-9-22)32(41)39-14-12-24(13-15-39)31(40)36-20-23-10-7-11-26(16-23)43-3/h4-11,16,18-19,21,24,29H,12-15,17,20H2,1-3H3,(H,36,40)(H2,37,38,42)/t29-/m1/s1. The van der Waals surface area contributed by atoms with Crippen LogP contribution in [0.4, 0.5) is 10.5 Å². The minimum Gasteiger partial charge on any atom is -0.497 e. The van der Waals surface area contributed by atoms with E-state index < -0.39 is 12.1 Å². The number of benzene rings is 3. The van der Waals surface area contributed by atoms with Crippen molar-refractivity contribution in [2.75, 3.05) is 25.5 Å². The maximum absolute atomic E-state index is 13.7. The average molecular weight is 714 g/mol. The molecule has 228 valence electrons. The van der Waals surface area contributed by atoms with Crippen molar-refractivity contribution in [1.29, 1.82) is 0 Å². The van der Waals surface area contributed by atoms with Gasteiger partial charge < -0.3 is 25.6 Å². The zero-order valence-corrected chi connectivity index (χ0v) is 27.8. The summed E-state index contributed by atoms with van der Waals surface area (Å²) in [6, 6.07) is 19.9. The van der Waals surface area contributed by atoms with Crippen LogP contribution < -0.4 is 20.7 Å². The third kappa shape index (κ3) is 9.06. The first-order chi connectivity index (χ1) is 20.6. The van der Waals surface area contributed by atoms with Gasteiger partial charge in [-0.2, -0.15) is 0 Å². The predicted octanol–water partition coefficient (Wildman–Crippen LogP) is 6.63. The first-order valence-corrected chi connectivity index (χ1v) is 16.0. The number of halogens is 2. The highest BCUT2D eigenvalue weighted by molar-refractivity contribution is 9.11. The van der Waals surface area contributed by atoms with Crippen molar-refractivity contribution in [3.8, 4) is 5.75 Å². The molecule has 1 heterocycles. The van der Waals surface area contributed by atoms with E-state index in [9.17, 15) is 14.4 Å². The molecule has 0 bridgehead atoms. The lowest BCUT2D eigenvalue weighted by Crippen LogP contribution is -2.53. The van der Waals surface area contributed by atoms with Crippen molar-refractivity contribution in [3.05, 3.63) is 92.4 Å². The van der Waals surface area contributed by atoms with Crippen LogP contribution in [0.2, 0.25) is 0 Å². The van der Waals surface area contributed by atoms with E-state index in [2.05, 4.69) is 61.7 Å². The topological polar surface area (TPSA) is 99.8 Å². The van der Waals surface area contributed by atoms with Crippen molar-refractivity contribution in [2.45, 2.75) is 51.6 Å². The number of amides is 4. The number of piperidine rings is 1. The molecule has 4 amide bonds. The molecule has 0 radical (unpaired) electrons. The summed E-state index contributed by atoms with van der Waals surface area (Å²) in [6.07, 6.45) is 1.47. The van der Waals surface area contributed by atoms with Gasteiger partial charge in [0.1, 0.15) is 11.8 Å². The van der Waals surface area contributed by atoms with Crippen LogP contribution in [0.1, 0.15) is 49.3 Å². The third-order valence-corrected chi connectivity index (χ3v) is 8.88. The molecular weight excluding hydrogens is 676 g/mol. The van der Waals surface area contributed by atoms with Crippen LogP contribution >= 0.6 is 31.9 Å². The number of nitrogens with one attached hydrogen (secondary N) is 3. The number of ether oxygens (including phenoxy) is 1. The number of carbonyl (C=O) groups excluding carboxylic acids is 3. The highest BCUT2D eigenvalue weighted by Crippen LogP contribution is 2.34. The van der Waals surface area contributed by atoms with E-state index in [0.717, 1.165) is 31.4 Å². The van der Waals surface area contributed by atoms with Crippen LogP contribution in [-0.4, -0.2) is 49.0 Å². The van der Waals surface area contributed by atoms with Gasteiger partial charge in [0, 0.05) is 40.9 Å². The minimum atomic E-state index is -0.770. The summed E-state index contributed by atoms with van der Waals surface area (Å²) in [7, 11) is 1.61. The molecule has 1 aliphatic rings. The van der Waals surface area contributed by atoms with Gasteiger partial charge >= 0.3 is 6.03 Å². The zero-order chi connectivity index (χ0) is 30.9. The Balaban J connectivity index is 1.38. The van der Waals surface area contributed by atoms with Gasteiger partial charge in [0.25, 0.3) is 0 Å². The lowest BCUT2D eigenvalue weighted by atomic mass is 9.94. The van der Waals surface area contributed by atoms with Gasteiger partial charge in [0.05, 0.1) is 12.8 Å². The highest BCUT2D eigenvalue weighted by Gasteiger charge is 2.32. The molecule has 10 heteroatoms. The Bertz CT molecular complexity index is 1400. The molecule has 1 aliphatic heterocycles. The van der Waals surface area contributed by atoms with Crippen LogP contribution in [-0.2, 0) is 22.6 Å². The number of rotatable bonds is 10. The van der Waals surface area contributed by atoms with Gasteiger partial charge in [-0.1, -0.05) is 56.3 Å². The summed E-state index contributed by atoms with van der Waals surface area (Å²) in [5.74, 6) is 0.708. The summed E-state index contributed by atoms with van der Waals surface area (Å²) in [5, 5.41) is 8.83. The number of hydrogen-bond donors (Lipinski definition) is 3.